The van der Waals surface area contributed by atoms with Crippen molar-refractivity contribution in [1.82, 2.24) is 4.98 Å². The molecule has 0 fully saturated rings. The van der Waals surface area contributed by atoms with Crippen molar-refractivity contribution < 1.29 is 9.47 Å². The predicted molar refractivity (Wildman–Crippen MR) is 103 cm³/mol. The molecule has 0 bridgehead atoms. The van der Waals surface area contributed by atoms with Gasteiger partial charge in [-0.2, -0.15) is 5.26 Å². The second-order valence-electron chi connectivity index (χ2n) is 6.12. The van der Waals surface area contributed by atoms with Gasteiger partial charge < -0.3 is 9.47 Å². The topological polar surface area (TPSA) is 55.1 Å². The summed E-state index contributed by atoms with van der Waals surface area (Å²) in [5.41, 5.74) is 5.85. The second-order valence-corrected chi connectivity index (χ2v) is 6.98. The van der Waals surface area contributed by atoms with Crippen LogP contribution in [0, 0.1) is 25.2 Å². The van der Waals surface area contributed by atoms with Gasteiger partial charge in [-0.1, -0.05) is 18.2 Å². The Bertz CT molecular complexity index is 1060. The summed E-state index contributed by atoms with van der Waals surface area (Å²) in [5, 5.41) is 12.3. The Hall–Kier alpha value is -3.10. The van der Waals surface area contributed by atoms with Crippen molar-refractivity contribution in [2.24, 2.45) is 0 Å². The number of benzene rings is 2. The van der Waals surface area contributed by atoms with E-state index in [9.17, 15) is 5.26 Å². The second kappa shape index (κ2) is 6.66. The lowest BCUT2D eigenvalue weighted by molar-refractivity contribution is 0.174. The fraction of sp³-hybridized carbons (Fsp3) is 0.143. The number of hydrogen-bond acceptors (Lipinski definition) is 5. The first-order valence-corrected chi connectivity index (χ1v) is 9.07. The molecule has 1 aromatic heterocycles. The Morgan fingerprint density at radius 3 is 2.77 bits per heavy atom. The highest BCUT2D eigenvalue weighted by atomic mass is 32.1. The molecule has 3 aromatic rings. The van der Waals surface area contributed by atoms with Crippen LogP contribution in [0.3, 0.4) is 0 Å². The molecule has 0 saturated carbocycles. The Labute approximate surface area is 156 Å². The molecule has 0 radical (unpaired) electrons. The molecule has 4 nitrogen and oxygen atoms in total. The summed E-state index contributed by atoms with van der Waals surface area (Å²) in [5.74, 6) is 1.43. The van der Waals surface area contributed by atoms with Gasteiger partial charge in [0.2, 0.25) is 6.79 Å². The molecule has 2 heterocycles. The molecule has 128 valence electrons. The van der Waals surface area contributed by atoms with Gasteiger partial charge in [0.25, 0.3) is 0 Å². The van der Waals surface area contributed by atoms with Crippen LogP contribution in [0.1, 0.15) is 21.7 Å². The van der Waals surface area contributed by atoms with Crippen molar-refractivity contribution >= 4 is 23.0 Å². The highest BCUT2D eigenvalue weighted by Crippen LogP contribution is 2.34. The van der Waals surface area contributed by atoms with E-state index < -0.39 is 0 Å². The SMILES string of the molecule is Cc1ccc(-c2csc(/C(C#N)=C/c3ccc4c(c3)OCO4)n2)cc1C. The zero-order chi connectivity index (χ0) is 18.1. The quantitative estimate of drug-likeness (QED) is 0.601. The summed E-state index contributed by atoms with van der Waals surface area (Å²) in [7, 11) is 0. The third-order valence-corrected chi connectivity index (χ3v) is 5.24. The number of rotatable bonds is 3. The average molecular weight is 360 g/mol. The Balaban J connectivity index is 1.66. The summed E-state index contributed by atoms with van der Waals surface area (Å²) in [6, 6.07) is 14.2. The summed E-state index contributed by atoms with van der Waals surface area (Å²) in [4.78, 5) is 4.66. The van der Waals surface area contributed by atoms with E-state index in [4.69, 9.17) is 9.47 Å². The van der Waals surface area contributed by atoms with Crippen LogP contribution >= 0.6 is 11.3 Å². The molecule has 2 aromatic carbocycles. The van der Waals surface area contributed by atoms with Crippen molar-refractivity contribution in [3.63, 3.8) is 0 Å². The molecule has 1 aliphatic heterocycles. The van der Waals surface area contributed by atoms with Crippen LogP contribution in [0.5, 0.6) is 11.5 Å². The maximum absolute atomic E-state index is 9.59. The summed E-state index contributed by atoms with van der Waals surface area (Å²) < 4.78 is 10.7. The molecule has 0 atom stereocenters. The van der Waals surface area contributed by atoms with Gasteiger partial charge in [0.1, 0.15) is 11.1 Å². The van der Waals surface area contributed by atoms with Gasteiger partial charge in [0.05, 0.1) is 11.3 Å². The van der Waals surface area contributed by atoms with Gasteiger partial charge >= 0.3 is 0 Å². The van der Waals surface area contributed by atoms with Crippen LogP contribution in [-0.4, -0.2) is 11.8 Å². The normalized spacial score (nSPS) is 12.9. The molecule has 4 rings (SSSR count). The summed E-state index contributed by atoms with van der Waals surface area (Å²) in [6.45, 7) is 4.42. The number of nitrogens with zero attached hydrogens (tertiary/aromatic N) is 2. The molecule has 0 N–H and O–H groups in total. The van der Waals surface area contributed by atoms with E-state index in [1.54, 1.807) is 0 Å². The molecule has 0 aliphatic carbocycles. The van der Waals surface area contributed by atoms with E-state index >= 15 is 0 Å². The third kappa shape index (κ3) is 3.07. The fourth-order valence-corrected chi connectivity index (χ4v) is 3.54. The molecule has 26 heavy (non-hydrogen) atoms. The molecule has 0 amide bonds. The van der Waals surface area contributed by atoms with Crippen molar-refractivity contribution in [2.75, 3.05) is 6.79 Å². The molecule has 1 aliphatic rings. The van der Waals surface area contributed by atoms with Gasteiger partial charge in [-0.15, -0.1) is 11.3 Å². The fourth-order valence-electron chi connectivity index (χ4n) is 2.74. The van der Waals surface area contributed by atoms with E-state index in [2.05, 4.69) is 43.1 Å². The van der Waals surface area contributed by atoms with E-state index in [0.29, 0.717) is 16.3 Å². The van der Waals surface area contributed by atoms with Crippen LogP contribution in [0.25, 0.3) is 22.9 Å². The van der Waals surface area contributed by atoms with Crippen LogP contribution in [0.4, 0.5) is 0 Å². The Morgan fingerprint density at radius 1 is 1.12 bits per heavy atom. The molecular weight excluding hydrogens is 344 g/mol. The van der Waals surface area contributed by atoms with Crippen LogP contribution < -0.4 is 9.47 Å². The molecule has 5 heteroatoms. The zero-order valence-corrected chi connectivity index (χ0v) is 15.3. The van der Waals surface area contributed by atoms with E-state index in [1.807, 2.05) is 29.7 Å². The number of allylic oxidation sites excluding steroid dienone is 1. The first-order chi connectivity index (χ1) is 12.6. The lowest BCUT2D eigenvalue weighted by Gasteiger charge is -2.02. The van der Waals surface area contributed by atoms with Crippen LogP contribution in [0.15, 0.2) is 41.8 Å². The monoisotopic (exact) mass is 360 g/mol. The molecular formula is C21H16N2O2S. The maximum Gasteiger partial charge on any atom is 0.231 e. The number of thiazole rings is 1. The number of hydrogen-bond donors (Lipinski definition) is 0. The minimum Gasteiger partial charge on any atom is -0.454 e. The largest absolute Gasteiger partial charge is 0.454 e. The molecule has 0 unspecified atom stereocenters. The highest BCUT2D eigenvalue weighted by molar-refractivity contribution is 7.11. The van der Waals surface area contributed by atoms with Gasteiger partial charge in [0, 0.05) is 10.9 Å². The van der Waals surface area contributed by atoms with E-state index in [1.165, 1.54) is 22.5 Å². The zero-order valence-electron chi connectivity index (χ0n) is 14.4. The smallest absolute Gasteiger partial charge is 0.231 e. The van der Waals surface area contributed by atoms with Crippen molar-refractivity contribution in [1.29, 1.82) is 5.26 Å². The highest BCUT2D eigenvalue weighted by Gasteiger charge is 2.14. The van der Waals surface area contributed by atoms with Crippen molar-refractivity contribution in [3.8, 4) is 28.8 Å². The van der Waals surface area contributed by atoms with Gasteiger partial charge in [-0.3, -0.25) is 0 Å². The predicted octanol–water partition coefficient (Wildman–Crippen LogP) is 5.22. The molecule has 0 saturated heterocycles. The van der Waals surface area contributed by atoms with Gasteiger partial charge in [0.15, 0.2) is 11.5 Å². The van der Waals surface area contributed by atoms with Gasteiger partial charge in [-0.05, 0) is 54.8 Å². The van der Waals surface area contributed by atoms with E-state index in [-0.39, 0.29) is 6.79 Å². The maximum atomic E-state index is 9.59. The number of aryl methyl sites for hydroxylation is 2. The third-order valence-electron chi connectivity index (χ3n) is 4.37. The van der Waals surface area contributed by atoms with Gasteiger partial charge in [-0.25, -0.2) is 4.98 Å². The van der Waals surface area contributed by atoms with Crippen molar-refractivity contribution in [3.05, 3.63) is 63.5 Å². The number of ether oxygens (including phenoxy) is 2. The minimum absolute atomic E-state index is 0.236. The Kier molecular flexibility index (Phi) is 4.19. The van der Waals surface area contributed by atoms with Crippen LogP contribution in [0.2, 0.25) is 0 Å². The Morgan fingerprint density at radius 2 is 1.96 bits per heavy atom. The minimum atomic E-state index is 0.236. The number of nitriles is 1. The average Bonchev–Trinajstić information content (AvgIpc) is 3.31. The summed E-state index contributed by atoms with van der Waals surface area (Å²) >= 11 is 1.47. The lowest BCUT2D eigenvalue weighted by Crippen LogP contribution is -1.92. The number of aromatic nitrogens is 1. The molecule has 0 spiro atoms. The first kappa shape index (κ1) is 16.4. The summed E-state index contributed by atoms with van der Waals surface area (Å²) in [6.07, 6.45) is 1.82. The van der Waals surface area contributed by atoms with Crippen LogP contribution in [-0.2, 0) is 0 Å². The first-order valence-electron chi connectivity index (χ1n) is 8.19. The number of fused-ring (bicyclic) bond motifs is 1. The lowest BCUT2D eigenvalue weighted by atomic mass is 10.1. The van der Waals surface area contributed by atoms with Crippen molar-refractivity contribution in [2.45, 2.75) is 13.8 Å². The van der Waals surface area contributed by atoms with E-state index in [0.717, 1.165) is 22.6 Å². The standard InChI is InChI=1S/C21H16N2O2S/c1-13-3-5-16(7-14(13)2)18-11-26-21(23-18)17(10-22)8-15-4-6-19-20(9-15)25-12-24-19/h3-9,11H,12H2,1-2H3/b17-8+.